The Morgan fingerprint density at radius 3 is 2.55 bits per heavy atom. The highest BCUT2D eigenvalue weighted by atomic mass is 16.5. The van der Waals surface area contributed by atoms with Gasteiger partial charge in [-0.15, -0.1) is 0 Å². The number of aryl methyl sites for hydroxylation is 1. The van der Waals surface area contributed by atoms with Crippen molar-refractivity contribution in [1.82, 2.24) is 9.97 Å². The molecule has 0 bridgehead atoms. The van der Waals surface area contributed by atoms with Crippen molar-refractivity contribution in [3.63, 3.8) is 0 Å². The van der Waals surface area contributed by atoms with Crippen LogP contribution in [0.4, 0.5) is 0 Å². The Balaban J connectivity index is 2.52. The molecule has 6 nitrogen and oxygen atoms in total. The third-order valence-corrected chi connectivity index (χ3v) is 3.03. The van der Waals surface area contributed by atoms with E-state index in [1.54, 1.807) is 24.3 Å². The maximum Gasteiger partial charge on any atom is 0.355 e. The van der Waals surface area contributed by atoms with Gasteiger partial charge in [-0.2, -0.15) is 0 Å². The summed E-state index contributed by atoms with van der Waals surface area (Å²) in [6.45, 7) is 4.03. The highest BCUT2D eigenvalue weighted by Crippen LogP contribution is 2.22. The van der Waals surface area contributed by atoms with Crippen LogP contribution in [0.5, 0.6) is 5.75 Å². The van der Waals surface area contributed by atoms with Crippen LogP contribution in [-0.2, 0) is 6.42 Å². The summed E-state index contributed by atoms with van der Waals surface area (Å²) in [5, 5.41) is 9.28. The predicted molar refractivity (Wildman–Crippen MR) is 79.4 cm³/mol. The summed E-state index contributed by atoms with van der Waals surface area (Å²) in [7, 11) is 0. The number of benzene rings is 1. The standard InChI is InChI=1S/C16H16N2O4/c1-3-13-17-9-11(14(18-13)16(20)21)15(19)10-7-5-6-8-12(10)22-4-2/h5-9H,3-4H2,1-2H3,(H,20,21). The number of hydrogen-bond donors (Lipinski definition) is 1. The summed E-state index contributed by atoms with van der Waals surface area (Å²) in [6.07, 6.45) is 1.75. The zero-order valence-electron chi connectivity index (χ0n) is 12.4. The van der Waals surface area contributed by atoms with E-state index in [4.69, 9.17) is 4.74 Å². The fourth-order valence-electron chi connectivity index (χ4n) is 2.00. The fourth-order valence-corrected chi connectivity index (χ4v) is 2.00. The Morgan fingerprint density at radius 2 is 1.91 bits per heavy atom. The molecular formula is C16H16N2O4. The highest BCUT2D eigenvalue weighted by molar-refractivity contribution is 6.14. The lowest BCUT2D eigenvalue weighted by atomic mass is 10.0. The van der Waals surface area contributed by atoms with Gasteiger partial charge >= 0.3 is 5.97 Å². The van der Waals surface area contributed by atoms with Gasteiger partial charge in [0.1, 0.15) is 11.6 Å². The normalized spacial score (nSPS) is 10.3. The summed E-state index contributed by atoms with van der Waals surface area (Å²) in [5.74, 6) is -0.934. The molecule has 0 aliphatic rings. The van der Waals surface area contributed by atoms with Crippen molar-refractivity contribution in [3.8, 4) is 5.75 Å². The van der Waals surface area contributed by atoms with Gasteiger partial charge in [0, 0.05) is 12.6 Å². The van der Waals surface area contributed by atoms with Crippen LogP contribution in [0, 0.1) is 0 Å². The molecule has 0 unspecified atom stereocenters. The number of aromatic carboxylic acids is 1. The van der Waals surface area contributed by atoms with E-state index in [0.717, 1.165) is 0 Å². The average Bonchev–Trinajstić information content (AvgIpc) is 2.54. The van der Waals surface area contributed by atoms with Crippen molar-refractivity contribution in [3.05, 3.63) is 53.1 Å². The van der Waals surface area contributed by atoms with E-state index in [9.17, 15) is 14.7 Å². The number of aromatic nitrogens is 2. The molecule has 0 saturated carbocycles. The lowest BCUT2D eigenvalue weighted by Gasteiger charge is -2.10. The average molecular weight is 300 g/mol. The van der Waals surface area contributed by atoms with E-state index in [1.807, 2.05) is 13.8 Å². The van der Waals surface area contributed by atoms with Crippen molar-refractivity contribution in [2.45, 2.75) is 20.3 Å². The van der Waals surface area contributed by atoms with Gasteiger partial charge in [-0.1, -0.05) is 19.1 Å². The second-order valence-electron chi connectivity index (χ2n) is 4.47. The highest BCUT2D eigenvalue weighted by Gasteiger charge is 2.23. The number of ether oxygens (including phenoxy) is 1. The van der Waals surface area contributed by atoms with Crippen LogP contribution in [0.1, 0.15) is 46.1 Å². The Morgan fingerprint density at radius 1 is 1.18 bits per heavy atom. The molecule has 1 aromatic heterocycles. The number of hydrogen-bond acceptors (Lipinski definition) is 5. The Bertz CT molecular complexity index is 713. The fraction of sp³-hybridized carbons (Fsp3) is 0.250. The van der Waals surface area contributed by atoms with Crippen LogP contribution in [0.2, 0.25) is 0 Å². The van der Waals surface area contributed by atoms with Gasteiger partial charge in [0.15, 0.2) is 5.69 Å². The number of para-hydroxylation sites is 1. The molecule has 1 aromatic carbocycles. The molecule has 0 saturated heterocycles. The quantitative estimate of drug-likeness (QED) is 0.824. The van der Waals surface area contributed by atoms with Gasteiger partial charge in [0.2, 0.25) is 5.78 Å². The molecule has 114 valence electrons. The number of carboxylic acids is 1. The van der Waals surface area contributed by atoms with Gasteiger partial charge in [-0.3, -0.25) is 4.79 Å². The smallest absolute Gasteiger partial charge is 0.355 e. The van der Waals surface area contributed by atoms with Crippen LogP contribution < -0.4 is 4.74 Å². The molecule has 0 fully saturated rings. The molecular weight excluding hydrogens is 284 g/mol. The maximum atomic E-state index is 12.6. The summed E-state index contributed by atoms with van der Waals surface area (Å²) in [5.41, 5.74) is -0.0419. The molecule has 1 heterocycles. The van der Waals surface area contributed by atoms with E-state index in [1.165, 1.54) is 6.20 Å². The molecule has 0 atom stereocenters. The monoisotopic (exact) mass is 300 g/mol. The minimum absolute atomic E-state index is 0.0446. The van der Waals surface area contributed by atoms with E-state index in [2.05, 4.69) is 9.97 Å². The lowest BCUT2D eigenvalue weighted by Crippen LogP contribution is -2.15. The largest absolute Gasteiger partial charge is 0.493 e. The van der Waals surface area contributed by atoms with Crippen LogP contribution in [0.25, 0.3) is 0 Å². The van der Waals surface area contributed by atoms with Crippen LogP contribution in [-0.4, -0.2) is 33.4 Å². The number of nitrogens with zero attached hydrogens (tertiary/aromatic N) is 2. The van der Waals surface area contributed by atoms with Gasteiger partial charge in [-0.05, 0) is 19.1 Å². The minimum atomic E-state index is -1.26. The second-order valence-corrected chi connectivity index (χ2v) is 4.47. The second kappa shape index (κ2) is 6.80. The number of rotatable bonds is 6. The number of carboxylic acid groups (broad SMARTS) is 1. The Labute approximate surface area is 127 Å². The lowest BCUT2D eigenvalue weighted by molar-refractivity contribution is 0.0685. The third kappa shape index (κ3) is 3.11. The summed E-state index contributed by atoms with van der Waals surface area (Å²) >= 11 is 0. The first-order chi connectivity index (χ1) is 10.6. The molecule has 2 rings (SSSR count). The maximum absolute atomic E-state index is 12.6. The molecule has 2 aromatic rings. The van der Waals surface area contributed by atoms with Crippen molar-refractivity contribution in [2.75, 3.05) is 6.61 Å². The first kappa shape index (κ1) is 15.6. The van der Waals surface area contributed by atoms with Crippen LogP contribution in [0.3, 0.4) is 0 Å². The summed E-state index contributed by atoms with van der Waals surface area (Å²) in [4.78, 5) is 32.0. The zero-order chi connectivity index (χ0) is 16.1. The van der Waals surface area contributed by atoms with Crippen molar-refractivity contribution < 1.29 is 19.4 Å². The molecule has 1 N–H and O–H groups in total. The first-order valence-corrected chi connectivity index (χ1v) is 6.94. The summed E-state index contributed by atoms with van der Waals surface area (Å²) < 4.78 is 5.42. The molecule has 0 spiro atoms. The van der Waals surface area contributed by atoms with Crippen LogP contribution >= 0.6 is 0 Å². The van der Waals surface area contributed by atoms with E-state index >= 15 is 0 Å². The molecule has 0 aliphatic heterocycles. The van der Waals surface area contributed by atoms with Gasteiger partial charge in [-0.25, -0.2) is 14.8 Å². The SMILES string of the molecule is CCOc1ccccc1C(=O)c1cnc(CC)nc1C(=O)O. The van der Waals surface area contributed by atoms with E-state index < -0.39 is 11.8 Å². The number of carbonyl (C=O) groups is 2. The van der Waals surface area contributed by atoms with Crippen molar-refractivity contribution >= 4 is 11.8 Å². The van der Waals surface area contributed by atoms with Crippen molar-refractivity contribution in [2.24, 2.45) is 0 Å². The number of carbonyl (C=O) groups excluding carboxylic acids is 1. The topological polar surface area (TPSA) is 89.4 Å². The first-order valence-electron chi connectivity index (χ1n) is 6.94. The Hall–Kier alpha value is -2.76. The van der Waals surface area contributed by atoms with Crippen molar-refractivity contribution in [1.29, 1.82) is 0 Å². The molecule has 0 amide bonds. The van der Waals surface area contributed by atoms with Crippen LogP contribution in [0.15, 0.2) is 30.5 Å². The van der Waals surface area contributed by atoms with E-state index in [0.29, 0.717) is 30.2 Å². The third-order valence-electron chi connectivity index (χ3n) is 3.03. The number of ketones is 1. The van der Waals surface area contributed by atoms with Gasteiger partial charge < -0.3 is 9.84 Å². The molecule has 0 radical (unpaired) electrons. The van der Waals surface area contributed by atoms with Gasteiger partial charge in [0.05, 0.1) is 17.7 Å². The molecule has 22 heavy (non-hydrogen) atoms. The Kier molecular flexibility index (Phi) is 4.83. The predicted octanol–water partition coefficient (Wildman–Crippen LogP) is 2.37. The zero-order valence-corrected chi connectivity index (χ0v) is 12.4. The molecule has 6 heteroatoms. The van der Waals surface area contributed by atoms with E-state index in [-0.39, 0.29) is 11.3 Å². The molecule has 0 aliphatic carbocycles. The minimum Gasteiger partial charge on any atom is -0.493 e. The van der Waals surface area contributed by atoms with Gasteiger partial charge in [0.25, 0.3) is 0 Å². The summed E-state index contributed by atoms with van der Waals surface area (Å²) in [6, 6.07) is 6.69.